The number of hydrogen-bond acceptors (Lipinski definition) is 0. The molecule has 0 unspecified atom stereocenters. The van der Waals surface area contributed by atoms with Crippen LogP contribution >= 0.6 is 0 Å². The van der Waals surface area contributed by atoms with Gasteiger partial charge in [0, 0.05) is 11.0 Å². The van der Waals surface area contributed by atoms with Gasteiger partial charge in [-0.1, -0.05) is 54.6 Å². The van der Waals surface area contributed by atoms with E-state index in [1.54, 1.807) is 0 Å². The molecular formula is C14H14Si. The van der Waals surface area contributed by atoms with Crippen LogP contribution in [0.2, 0.25) is 0 Å². The molecule has 0 nitrogen and oxygen atoms in total. The molecule has 0 spiro atoms. The van der Waals surface area contributed by atoms with Crippen LogP contribution in [-0.2, 0) is 6.42 Å². The largest absolute Gasteiger partial charge is 0.0622 e. The maximum Gasteiger partial charge on any atom is 0 e. The second-order valence-corrected chi connectivity index (χ2v) is 3.59. The van der Waals surface area contributed by atoms with E-state index in [9.17, 15) is 0 Å². The highest BCUT2D eigenvalue weighted by Gasteiger charge is 1.97. The van der Waals surface area contributed by atoms with Crippen molar-refractivity contribution in [2.24, 2.45) is 0 Å². The fourth-order valence-electron chi connectivity index (χ4n) is 1.62. The van der Waals surface area contributed by atoms with Gasteiger partial charge in [-0.25, -0.2) is 0 Å². The second kappa shape index (κ2) is 5.52. The predicted octanol–water partition coefficient (Wildman–Crippen LogP) is 3.21. The first kappa shape index (κ1) is 11.7. The molecule has 0 fully saturated rings. The van der Waals surface area contributed by atoms with Gasteiger partial charge in [0.1, 0.15) is 0 Å². The van der Waals surface area contributed by atoms with Gasteiger partial charge in [0.05, 0.1) is 0 Å². The number of hydrogen-bond donors (Lipinski definition) is 0. The Hall–Kier alpha value is -1.34. The average Bonchev–Trinajstić information content (AvgIpc) is 2.23. The lowest BCUT2D eigenvalue weighted by molar-refractivity contribution is 1.16. The van der Waals surface area contributed by atoms with Crippen molar-refractivity contribution < 1.29 is 0 Å². The zero-order chi connectivity index (χ0) is 9.80. The van der Waals surface area contributed by atoms with Crippen molar-refractivity contribution in [3.8, 4) is 0 Å². The molecule has 74 valence electrons. The van der Waals surface area contributed by atoms with Crippen LogP contribution in [0.3, 0.4) is 0 Å². The van der Waals surface area contributed by atoms with Gasteiger partial charge < -0.3 is 0 Å². The topological polar surface area (TPSA) is 0 Å². The summed E-state index contributed by atoms with van der Waals surface area (Å²) in [7, 11) is 0. The molecule has 2 aromatic carbocycles. The molecule has 2 rings (SSSR count). The standard InChI is InChI=1S/C14H14.Si/c1-12-7-5-6-10-14(12)11-13-8-3-2-4-9-13;/h2-10H,11H2,1H3;. The normalized spacial score (nSPS) is 9.40. The first-order valence-corrected chi connectivity index (χ1v) is 4.95. The molecule has 0 bridgehead atoms. The summed E-state index contributed by atoms with van der Waals surface area (Å²) in [6.45, 7) is 2.16. The van der Waals surface area contributed by atoms with E-state index < -0.39 is 0 Å². The van der Waals surface area contributed by atoms with Gasteiger partial charge in [-0.2, -0.15) is 0 Å². The summed E-state index contributed by atoms with van der Waals surface area (Å²) >= 11 is 0. The monoisotopic (exact) mass is 210 g/mol. The van der Waals surface area contributed by atoms with Crippen LogP contribution in [-0.4, -0.2) is 11.0 Å². The SMILES string of the molecule is Cc1ccccc1Cc1ccccc1.[Si]. The lowest BCUT2D eigenvalue weighted by Crippen LogP contribution is -1.90. The Labute approximate surface area is 96.0 Å². The van der Waals surface area contributed by atoms with E-state index in [0.29, 0.717) is 0 Å². The third-order valence-corrected chi connectivity index (χ3v) is 2.50. The Morgan fingerprint density at radius 2 is 1.40 bits per heavy atom. The predicted molar refractivity (Wildman–Crippen MR) is 66.2 cm³/mol. The second-order valence-electron chi connectivity index (χ2n) is 3.59. The molecule has 0 aliphatic heterocycles. The summed E-state index contributed by atoms with van der Waals surface area (Å²) < 4.78 is 0. The highest BCUT2D eigenvalue weighted by molar-refractivity contribution is 5.75. The lowest BCUT2D eigenvalue weighted by Gasteiger charge is -2.04. The van der Waals surface area contributed by atoms with Crippen LogP contribution in [0.4, 0.5) is 0 Å². The Morgan fingerprint density at radius 3 is 2.07 bits per heavy atom. The van der Waals surface area contributed by atoms with Gasteiger partial charge >= 0.3 is 0 Å². The molecule has 0 aromatic heterocycles. The maximum atomic E-state index is 2.20. The third-order valence-electron chi connectivity index (χ3n) is 2.50. The summed E-state index contributed by atoms with van der Waals surface area (Å²) in [6, 6.07) is 19.1. The van der Waals surface area contributed by atoms with Crippen molar-refractivity contribution in [2.45, 2.75) is 13.3 Å². The van der Waals surface area contributed by atoms with Crippen LogP contribution < -0.4 is 0 Å². The van der Waals surface area contributed by atoms with Crippen LogP contribution in [0.15, 0.2) is 54.6 Å². The lowest BCUT2D eigenvalue weighted by atomic mass is 10.0. The molecule has 0 saturated carbocycles. The molecule has 0 heterocycles. The smallest absolute Gasteiger partial charge is 0 e. The van der Waals surface area contributed by atoms with Crippen LogP contribution in [0.1, 0.15) is 16.7 Å². The van der Waals surface area contributed by atoms with Crippen LogP contribution in [0.25, 0.3) is 0 Å². The fourth-order valence-corrected chi connectivity index (χ4v) is 1.62. The Balaban J connectivity index is 0.00000112. The summed E-state index contributed by atoms with van der Waals surface area (Å²) in [4.78, 5) is 0. The van der Waals surface area contributed by atoms with Crippen molar-refractivity contribution in [2.75, 3.05) is 0 Å². The van der Waals surface area contributed by atoms with E-state index in [-0.39, 0.29) is 11.0 Å². The van der Waals surface area contributed by atoms with Gasteiger partial charge in [0.2, 0.25) is 0 Å². The zero-order valence-corrected chi connectivity index (χ0v) is 9.90. The number of rotatable bonds is 2. The first-order chi connectivity index (χ1) is 6.86. The van der Waals surface area contributed by atoms with Crippen molar-refractivity contribution in [3.05, 3.63) is 71.3 Å². The highest BCUT2D eigenvalue weighted by Crippen LogP contribution is 2.12. The van der Waals surface area contributed by atoms with Crippen LogP contribution in [0, 0.1) is 6.92 Å². The number of aryl methyl sites for hydroxylation is 1. The average molecular weight is 210 g/mol. The van der Waals surface area contributed by atoms with Gasteiger partial charge in [-0.15, -0.1) is 0 Å². The van der Waals surface area contributed by atoms with E-state index in [1.807, 2.05) is 0 Å². The van der Waals surface area contributed by atoms with Crippen molar-refractivity contribution in [3.63, 3.8) is 0 Å². The minimum Gasteiger partial charge on any atom is -0.0622 e. The quantitative estimate of drug-likeness (QED) is 0.668. The van der Waals surface area contributed by atoms with E-state index >= 15 is 0 Å². The summed E-state index contributed by atoms with van der Waals surface area (Å²) in [5, 5.41) is 0. The molecule has 0 saturated heterocycles. The van der Waals surface area contributed by atoms with Gasteiger partial charge in [-0.05, 0) is 30.0 Å². The fraction of sp³-hybridized carbons (Fsp3) is 0.143. The molecule has 4 radical (unpaired) electrons. The van der Waals surface area contributed by atoms with Crippen LogP contribution in [0.5, 0.6) is 0 Å². The Bertz CT molecular complexity index is 407. The van der Waals surface area contributed by atoms with E-state index in [0.717, 1.165) is 6.42 Å². The van der Waals surface area contributed by atoms with Crippen molar-refractivity contribution >= 4 is 11.0 Å². The summed E-state index contributed by atoms with van der Waals surface area (Å²) in [6.07, 6.45) is 1.04. The maximum absolute atomic E-state index is 2.20. The Kier molecular flexibility index (Phi) is 4.31. The summed E-state index contributed by atoms with van der Waals surface area (Å²) in [5.74, 6) is 0. The molecule has 0 aliphatic rings. The highest BCUT2D eigenvalue weighted by atomic mass is 28.1. The third kappa shape index (κ3) is 3.06. The molecule has 0 N–H and O–H groups in total. The molecule has 0 atom stereocenters. The van der Waals surface area contributed by atoms with Gasteiger partial charge in [-0.3, -0.25) is 0 Å². The Morgan fingerprint density at radius 1 is 0.800 bits per heavy atom. The zero-order valence-electron chi connectivity index (χ0n) is 8.90. The molecular weight excluding hydrogens is 196 g/mol. The molecule has 2 aromatic rings. The molecule has 1 heteroatoms. The minimum atomic E-state index is 0. The van der Waals surface area contributed by atoms with E-state index in [4.69, 9.17) is 0 Å². The van der Waals surface area contributed by atoms with Gasteiger partial charge in [0.25, 0.3) is 0 Å². The van der Waals surface area contributed by atoms with E-state index in [1.165, 1.54) is 16.7 Å². The van der Waals surface area contributed by atoms with Crippen molar-refractivity contribution in [1.82, 2.24) is 0 Å². The molecule has 15 heavy (non-hydrogen) atoms. The minimum absolute atomic E-state index is 0. The summed E-state index contributed by atoms with van der Waals surface area (Å²) in [5.41, 5.74) is 4.16. The molecule has 0 aliphatic carbocycles. The first-order valence-electron chi connectivity index (χ1n) is 4.95. The van der Waals surface area contributed by atoms with Crippen molar-refractivity contribution in [1.29, 1.82) is 0 Å². The number of benzene rings is 2. The van der Waals surface area contributed by atoms with Gasteiger partial charge in [0.15, 0.2) is 0 Å². The van der Waals surface area contributed by atoms with E-state index in [2.05, 4.69) is 61.5 Å². The molecule has 0 amide bonds.